The molecule has 0 spiro atoms. The Kier molecular flexibility index (Phi) is 9.27. The van der Waals surface area contributed by atoms with Crippen LogP contribution < -0.4 is 4.90 Å². The zero-order valence-electron chi connectivity index (χ0n) is 35.5. The van der Waals surface area contributed by atoms with Gasteiger partial charge in [0, 0.05) is 22.9 Å². The first kappa shape index (κ1) is 37.7. The molecule has 0 aromatic heterocycles. The highest BCUT2D eigenvalue weighted by Crippen LogP contribution is 2.57. The van der Waals surface area contributed by atoms with Crippen molar-refractivity contribution in [2.24, 2.45) is 0 Å². The quantitative estimate of drug-likeness (QED) is 0.138. The number of fused-ring (bicyclic) bond motifs is 6. The molecule has 1 unspecified atom stereocenters. The molecule has 2 aliphatic carbocycles. The molecule has 0 bridgehead atoms. The van der Waals surface area contributed by atoms with Crippen molar-refractivity contribution in [3.63, 3.8) is 0 Å². The summed E-state index contributed by atoms with van der Waals surface area (Å²) in [5.74, 6) is 0.319. The van der Waals surface area contributed by atoms with Gasteiger partial charge >= 0.3 is 0 Å². The minimum atomic E-state index is -0.528. The highest BCUT2D eigenvalue weighted by molar-refractivity contribution is 6.08. The Morgan fingerprint density at radius 1 is 0.391 bits per heavy atom. The summed E-state index contributed by atoms with van der Waals surface area (Å²) in [6.07, 6.45) is 9.95. The third-order valence-electron chi connectivity index (χ3n) is 13.6. The van der Waals surface area contributed by atoms with E-state index in [1.165, 1.54) is 82.7 Å². The molecule has 10 aromatic rings. The lowest BCUT2D eigenvalue weighted by molar-refractivity contribution is 0.768. The van der Waals surface area contributed by atoms with Gasteiger partial charge in [-0.05, 0) is 126 Å². The Balaban J connectivity index is 1.10. The summed E-state index contributed by atoms with van der Waals surface area (Å²) in [6, 6.07) is 85.7. The average molecular weight is 816 g/mol. The lowest BCUT2D eigenvalue weighted by Crippen LogP contribution is -2.28. The third-order valence-corrected chi connectivity index (χ3v) is 13.6. The van der Waals surface area contributed by atoms with Crippen molar-refractivity contribution in [1.29, 1.82) is 0 Å². The molecule has 0 radical (unpaired) electrons. The van der Waals surface area contributed by atoms with E-state index in [2.05, 4.69) is 260 Å². The number of allylic oxidation sites excluding steroid dienone is 4. The summed E-state index contributed by atoms with van der Waals surface area (Å²) in [4.78, 5) is 2.50. The first-order valence-electron chi connectivity index (χ1n) is 22.4. The van der Waals surface area contributed by atoms with Crippen LogP contribution in [0.15, 0.2) is 255 Å². The number of hydrogen-bond donors (Lipinski definition) is 0. The van der Waals surface area contributed by atoms with Gasteiger partial charge in [0.1, 0.15) is 0 Å². The second kappa shape index (κ2) is 15.7. The van der Waals surface area contributed by atoms with Crippen LogP contribution in [0.3, 0.4) is 0 Å². The fourth-order valence-electron chi connectivity index (χ4n) is 10.7. The second-order valence-corrected chi connectivity index (χ2v) is 17.2. The van der Waals surface area contributed by atoms with Crippen molar-refractivity contribution in [1.82, 2.24) is 0 Å². The van der Waals surface area contributed by atoms with Gasteiger partial charge in [-0.2, -0.15) is 0 Å². The third kappa shape index (κ3) is 6.23. The molecule has 12 rings (SSSR count). The molecule has 302 valence electrons. The van der Waals surface area contributed by atoms with Gasteiger partial charge in [0.15, 0.2) is 0 Å². The van der Waals surface area contributed by atoms with Crippen molar-refractivity contribution in [2.75, 3.05) is 4.90 Å². The summed E-state index contributed by atoms with van der Waals surface area (Å²) >= 11 is 0. The SMILES string of the molecule is C1=CCC(c2ccc(N(c3cccc(-c4ccc5c(ccc6ccccc65)c4)c3)c3ccc4c(c3)C(c3ccccc3)(c3ccccc3)c3ccccc3-4)c(-c3ccccc3)c2)C=C1. The van der Waals surface area contributed by atoms with E-state index >= 15 is 0 Å². The molecule has 2 aliphatic rings. The Hall–Kier alpha value is -8.00. The van der Waals surface area contributed by atoms with Crippen LogP contribution in [-0.2, 0) is 5.41 Å². The van der Waals surface area contributed by atoms with Crippen LogP contribution in [0.4, 0.5) is 17.1 Å². The van der Waals surface area contributed by atoms with E-state index in [1.807, 2.05) is 0 Å². The zero-order valence-corrected chi connectivity index (χ0v) is 35.5. The van der Waals surface area contributed by atoms with Crippen LogP contribution in [0, 0.1) is 0 Å². The van der Waals surface area contributed by atoms with Crippen molar-refractivity contribution >= 4 is 38.6 Å². The molecule has 0 saturated heterocycles. The van der Waals surface area contributed by atoms with E-state index in [1.54, 1.807) is 0 Å². The van der Waals surface area contributed by atoms with E-state index in [4.69, 9.17) is 0 Å². The molecular formula is C63H45N. The summed E-state index contributed by atoms with van der Waals surface area (Å²) in [5, 5.41) is 5.06. The Labute approximate surface area is 375 Å². The minimum Gasteiger partial charge on any atom is -0.310 e. The molecule has 0 amide bonds. The van der Waals surface area contributed by atoms with Gasteiger partial charge in [-0.15, -0.1) is 0 Å². The van der Waals surface area contributed by atoms with Gasteiger partial charge in [0.2, 0.25) is 0 Å². The largest absolute Gasteiger partial charge is 0.310 e. The normalized spacial score (nSPS) is 14.7. The fourth-order valence-corrected chi connectivity index (χ4v) is 10.7. The molecule has 1 nitrogen and oxygen atoms in total. The fraction of sp³-hybridized carbons (Fsp3) is 0.0476. The number of benzene rings is 10. The maximum absolute atomic E-state index is 2.50. The molecule has 0 aliphatic heterocycles. The number of nitrogens with zero attached hydrogens (tertiary/aromatic N) is 1. The van der Waals surface area contributed by atoms with Crippen molar-refractivity contribution < 1.29 is 0 Å². The van der Waals surface area contributed by atoms with Crippen LogP contribution in [0.1, 0.15) is 40.2 Å². The van der Waals surface area contributed by atoms with Crippen molar-refractivity contribution in [2.45, 2.75) is 17.8 Å². The van der Waals surface area contributed by atoms with Gasteiger partial charge in [0.05, 0.1) is 11.1 Å². The Morgan fingerprint density at radius 2 is 1.05 bits per heavy atom. The van der Waals surface area contributed by atoms with Crippen LogP contribution in [0.2, 0.25) is 0 Å². The molecule has 64 heavy (non-hydrogen) atoms. The second-order valence-electron chi connectivity index (χ2n) is 17.2. The highest BCUT2D eigenvalue weighted by Gasteiger charge is 2.46. The van der Waals surface area contributed by atoms with E-state index in [0.717, 1.165) is 23.5 Å². The van der Waals surface area contributed by atoms with Crippen LogP contribution in [0.5, 0.6) is 0 Å². The molecule has 0 N–H and O–H groups in total. The standard InChI is InChI=1S/C63H45N/c1-5-18-44(19-6-1)49-35-39-62(59(42-49)45-20-7-2-8-21-45)64(53-28-17-23-47(41-53)48-34-37-56-50(40-48)33-32-46-22-13-14-29-55(46)56)54-36-38-58-57-30-15-16-31-60(57)63(61(58)43-54,51-24-9-3-10-25-51)52-26-11-4-12-27-52/h1-18,20-44H,19H2. The van der Waals surface area contributed by atoms with E-state index in [-0.39, 0.29) is 0 Å². The summed E-state index contributed by atoms with van der Waals surface area (Å²) in [7, 11) is 0. The Morgan fingerprint density at radius 3 is 1.84 bits per heavy atom. The predicted molar refractivity (Wildman–Crippen MR) is 270 cm³/mol. The van der Waals surface area contributed by atoms with Crippen molar-refractivity contribution in [3.8, 4) is 33.4 Å². The molecular weight excluding hydrogens is 771 g/mol. The molecule has 10 aromatic carbocycles. The van der Waals surface area contributed by atoms with Crippen molar-refractivity contribution in [3.05, 3.63) is 283 Å². The van der Waals surface area contributed by atoms with Gasteiger partial charge in [-0.1, -0.05) is 212 Å². The summed E-state index contributed by atoms with van der Waals surface area (Å²) < 4.78 is 0. The van der Waals surface area contributed by atoms with E-state index < -0.39 is 5.41 Å². The minimum absolute atomic E-state index is 0.319. The van der Waals surface area contributed by atoms with E-state index in [9.17, 15) is 0 Å². The zero-order chi connectivity index (χ0) is 42.5. The molecule has 0 saturated carbocycles. The van der Waals surface area contributed by atoms with Crippen LogP contribution in [-0.4, -0.2) is 0 Å². The first-order chi connectivity index (χ1) is 31.7. The lowest BCUT2D eigenvalue weighted by atomic mass is 9.67. The highest BCUT2D eigenvalue weighted by atomic mass is 15.1. The summed E-state index contributed by atoms with van der Waals surface area (Å²) in [5.41, 5.74) is 16.5. The topological polar surface area (TPSA) is 3.24 Å². The Bertz CT molecular complexity index is 3380. The predicted octanol–water partition coefficient (Wildman–Crippen LogP) is 16.8. The first-order valence-corrected chi connectivity index (χ1v) is 22.4. The summed E-state index contributed by atoms with van der Waals surface area (Å²) in [6.45, 7) is 0. The molecule has 1 heteroatoms. The average Bonchev–Trinajstić information content (AvgIpc) is 3.68. The smallest absolute Gasteiger partial charge is 0.0714 e. The molecule has 0 heterocycles. The van der Waals surface area contributed by atoms with E-state index in [0.29, 0.717) is 5.92 Å². The van der Waals surface area contributed by atoms with Gasteiger partial charge < -0.3 is 4.90 Å². The van der Waals surface area contributed by atoms with Gasteiger partial charge in [0.25, 0.3) is 0 Å². The monoisotopic (exact) mass is 815 g/mol. The molecule has 1 atom stereocenters. The van der Waals surface area contributed by atoms with Crippen LogP contribution >= 0.6 is 0 Å². The van der Waals surface area contributed by atoms with Crippen LogP contribution in [0.25, 0.3) is 54.9 Å². The number of hydrogen-bond acceptors (Lipinski definition) is 1. The molecule has 0 fully saturated rings. The maximum Gasteiger partial charge on any atom is 0.0714 e. The maximum atomic E-state index is 2.50. The number of anilines is 3. The van der Waals surface area contributed by atoms with Gasteiger partial charge in [-0.25, -0.2) is 0 Å². The van der Waals surface area contributed by atoms with Gasteiger partial charge in [-0.3, -0.25) is 0 Å². The number of rotatable bonds is 8. The lowest BCUT2D eigenvalue weighted by Gasteiger charge is -2.35.